The van der Waals surface area contributed by atoms with E-state index in [0.717, 1.165) is 4.90 Å². The van der Waals surface area contributed by atoms with Gasteiger partial charge in [0.1, 0.15) is 11.2 Å². The smallest absolute Gasteiger partial charge is 0.263 e. The largest absolute Gasteiger partial charge is 0.310 e. The molecule has 9 nitrogen and oxygen atoms in total. The topological polar surface area (TPSA) is 110 Å². The number of aromatic nitrogens is 6. The van der Waals surface area contributed by atoms with Crippen LogP contribution in [-0.4, -0.2) is 41.2 Å². The Morgan fingerprint density at radius 3 is 2.86 bits per heavy atom. The minimum Gasteiger partial charge on any atom is -0.310 e. The molecule has 3 heterocycles. The number of aryl methyl sites for hydroxylation is 2. The highest BCUT2D eigenvalue weighted by Gasteiger charge is 2.15. The monoisotopic (exact) mass is 409 g/mol. The lowest BCUT2D eigenvalue weighted by Gasteiger charge is -2.08. The van der Waals surface area contributed by atoms with E-state index in [-0.39, 0.29) is 17.4 Å². The molecule has 2 N–H and O–H groups in total. The Kier molecular flexibility index (Phi) is 5.17. The third-order valence-corrected chi connectivity index (χ3v) is 5.24. The Bertz CT molecular complexity index is 1230. The van der Waals surface area contributed by atoms with Gasteiger partial charge < -0.3 is 5.32 Å². The molecule has 0 aliphatic rings. The number of benzene rings is 1. The van der Waals surface area contributed by atoms with Gasteiger partial charge in [-0.3, -0.25) is 19.3 Å². The molecule has 0 aliphatic carbocycles. The summed E-state index contributed by atoms with van der Waals surface area (Å²) in [4.78, 5) is 33.0. The number of nitrogens with zero attached hydrogens (tertiary/aromatic N) is 5. The molecule has 0 aliphatic heterocycles. The Morgan fingerprint density at radius 2 is 2.07 bits per heavy atom. The maximum absolute atomic E-state index is 12.4. The second-order valence-corrected chi connectivity index (χ2v) is 7.61. The molecule has 4 rings (SSSR count). The van der Waals surface area contributed by atoms with Gasteiger partial charge in [0.15, 0.2) is 5.65 Å². The van der Waals surface area contributed by atoms with Crippen LogP contribution in [0, 0.1) is 6.92 Å². The van der Waals surface area contributed by atoms with Crippen LogP contribution in [0.25, 0.3) is 17.0 Å². The van der Waals surface area contributed by atoms with Gasteiger partial charge in [0, 0.05) is 30.2 Å². The number of aromatic amines is 1. The number of hydrogen-bond acceptors (Lipinski definition) is 6. The molecule has 0 spiro atoms. The van der Waals surface area contributed by atoms with Crippen molar-refractivity contribution in [3.8, 4) is 5.95 Å². The van der Waals surface area contributed by atoms with Crippen LogP contribution in [0.15, 0.2) is 52.3 Å². The Hall–Kier alpha value is -3.40. The summed E-state index contributed by atoms with van der Waals surface area (Å²) in [5, 5.41) is 11.7. The zero-order valence-corrected chi connectivity index (χ0v) is 16.7. The van der Waals surface area contributed by atoms with Crippen molar-refractivity contribution in [2.45, 2.75) is 18.2 Å². The van der Waals surface area contributed by atoms with Gasteiger partial charge in [0.05, 0.1) is 11.9 Å². The fourth-order valence-electron chi connectivity index (χ4n) is 2.85. The minimum atomic E-state index is -0.317. The van der Waals surface area contributed by atoms with Crippen molar-refractivity contribution in [1.82, 2.24) is 29.5 Å². The number of nitrogens with one attached hydrogen (secondary N) is 2. The highest BCUT2D eigenvalue weighted by molar-refractivity contribution is 7.99. The highest BCUT2D eigenvalue weighted by atomic mass is 32.2. The summed E-state index contributed by atoms with van der Waals surface area (Å²) in [5.41, 5.74) is 0.808. The number of hydrogen-bond donors (Lipinski definition) is 2. The Morgan fingerprint density at radius 1 is 1.28 bits per heavy atom. The quantitative estimate of drug-likeness (QED) is 0.473. The Balaban J connectivity index is 1.52. The number of amides is 1. The summed E-state index contributed by atoms with van der Waals surface area (Å²) in [6.07, 6.45) is 1.81. The molecule has 0 radical (unpaired) electrons. The minimum absolute atomic E-state index is 0.140. The molecule has 10 heteroatoms. The van der Waals surface area contributed by atoms with Gasteiger partial charge in [-0.1, -0.05) is 18.2 Å². The predicted octanol–water partition coefficient (Wildman–Crippen LogP) is 2.27. The molecule has 148 valence electrons. The molecule has 1 amide bonds. The van der Waals surface area contributed by atoms with E-state index < -0.39 is 0 Å². The molecule has 4 aromatic rings. The van der Waals surface area contributed by atoms with Gasteiger partial charge in [-0.25, -0.2) is 0 Å². The van der Waals surface area contributed by atoms with Gasteiger partial charge in [-0.05, 0) is 19.1 Å². The van der Waals surface area contributed by atoms with E-state index in [0.29, 0.717) is 34.7 Å². The normalized spacial score (nSPS) is 11.1. The number of anilines is 1. The average molecular weight is 409 g/mol. The molecule has 0 saturated heterocycles. The van der Waals surface area contributed by atoms with Crippen LogP contribution < -0.4 is 10.9 Å². The van der Waals surface area contributed by atoms with Crippen LogP contribution >= 0.6 is 11.8 Å². The fourth-order valence-corrected chi connectivity index (χ4v) is 3.73. The molecule has 1 aromatic carbocycles. The number of carbonyl (C=O) groups excluding carboxylic acids is 1. The number of thioether (sulfide) groups is 1. The van der Waals surface area contributed by atoms with E-state index in [9.17, 15) is 9.59 Å². The molecule has 0 unspecified atom stereocenters. The van der Waals surface area contributed by atoms with E-state index in [4.69, 9.17) is 0 Å². The van der Waals surface area contributed by atoms with Crippen LogP contribution in [0.2, 0.25) is 0 Å². The van der Waals surface area contributed by atoms with Crippen molar-refractivity contribution in [3.05, 3.63) is 58.6 Å². The first-order valence-corrected chi connectivity index (χ1v) is 9.96. The van der Waals surface area contributed by atoms with E-state index in [2.05, 4.69) is 25.5 Å². The molecule has 0 saturated carbocycles. The summed E-state index contributed by atoms with van der Waals surface area (Å²) in [6.45, 7) is 1.80. The van der Waals surface area contributed by atoms with Crippen molar-refractivity contribution in [2.24, 2.45) is 7.05 Å². The highest BCUT2D eigenvalue weighted by Crippen LogP contribution is 2.19. The van der Waals surface area contributed by atoms with E-state index >= 15 is 0 Å². The number of fused-ring (bicyclic) bond motifs is 1. The molecule has 3 aromatic heterocycles. The van der Waals surface area contributed by atoms with Crippen molar-refractivity contribution in [2.75, 3.05) is 11.1 Å². The van der Waals surface area contributed by atoms with Crippen LogP contribution in [0.5, 0.6) is 0 Å². The van der Waals surface area contributed by atoms with E-state index in [1.54, 1.807) is 31.8 Å². The molecular formula is C19H19N7O2S. The number of rotatable bonds is 6. The first kappa shape index (κ1) is 18.9. The summed E-state index contributed by atoms with van der Waals surface area (Å²) in [7, 11) is 1.71. The lowest BCUT2D eigenvalue weighted by atomic mass is 10.4. The fraction of sp³-hybridized carbons (Fsp3) is 0.211. The van der Waals surface area contributed by atoms with Crippen molar-refractivity contribution in [3.63, 3.8) is 0 Å². The van der Waals surface area contributed by atoms with Gasteiger partial charge in [0.2, 0.25) is 11.9 Å². The second kappa shape index (κ2) is 7.92. The standard InChI is InChI=1S/C19H19N7O2S/c1-12-10-15(21-16(27)8-9-29-13-6-4-3-5-7-13)26(24-12)19-22-17-14(18(28)23-19)11-20-25(17)2/h3-7,10-11H,8-9H2,1-2H3,(H,21,27)(H,22,23,28). The SMILES string of the molecule is Cc1cc(NC(=O)CCSc2ccccc2)n(-c2nc3c(cnn3C)c(=O)[nH]2)n1. The summed E-state index contributed by atoms with van der Waals surface area (Å²) >= 11 is 1.62. The number of H-pyrrole nitrogens is 1. The van der Waals surface area contributed by atoms with E-state index in [1.165, 1.54) is 15.6 Å². The first-order chi connectivity index (χ1) is 14.0. The molecule has 0 bridgehead atoms. The maximum atomic E-state index is 12.4. The lowest BCUT2D eigenvalue weighted by molar-refractivity contribution is -0.115. The zero-order valence-electron chi connectivity index (χ0n) is 15.9. The molecule has 29 heavy (non-hydrogen) atoms. The van der Waals surface area contributed by atoms with Gasteiger partial charge in [-0.2, -0.15) is 19.9 Å². The van der Waals surface area contributed by atoms with Crippen molar-refractivity contribution in [1.29, 1.82) is 0 Å². The summed E-state index contributed by atoms with van der Waals surface area (Å²) in [6, 6.07) is 11.7. The average Bonchev–Trinajstić information content (AvgIpc) is 3.25. The summed E-state index contributed by atoms with van der Waals surface area (Å²) < 4.78 is 2.94. The number of carbonyl (C=O) groups is 1. The predicted molar refractivity (Wildman–Crippen MR) is 111 cm³/mol. The van der Waals surface area contributed by atoms with Crippen LogP contribution in [0.4, 0.5) is 5.82 Å². The lowest BCUT2D eigenvalue weighted by Crippen LogP contribution is -2.19. The first-order valence-electron chi connectivity index (χ1n) is 8.98. The molecule has 0 atom stereocenters. The molecule has 0 fully saturated rings. The van der Waals surface area contributed by atoms with Gasteiger partial charge >= 0.3 is 0 Å². The van der Waals surface area contributed by atoms with Crippen LogP contribution in [-0.2, 0) is 11.8 Å². The van der Waals surface area contributed by atoms with Crippen molar-refractivity contribution >= 4 is 34.5 Å². The van der Waals surface area contributed by atoms with Crippen molar-refractivity contribution < 1.29 is 4.79 Å². The van der Waals surface area contributed by atoms with Gasteiger partial charge in [-0.15, -0.1) is 11.8 Å². The zero-order chi connectivity index (χ0) is 20.4. The second-order valence-electron chi connectivity index (χ2n) is 6.44. The summed E-state index contributed by atoms with van der Waals surface area (Å²) in [5.74, 6) is 1.17. The van der Waals surface area contributed by atoms with Crippen LogP contribution in [0.1, 0.15) is 12.1 Å². The third-order valence-electron chi connectivity index (χ3n) is 4.23. The van der Waals surface area contributed by atoms with Gasteiger partial charge in [0.25, 0.3) is 5.56 Å². The maximum Gasteiger partial charge on any atom is 0.263 e. The molecular weight excluding hydrogens is 390 g/mol. The van der Waals surface area contributed by atoms with Crippen LogP contribution in [0.3, 0.4) is 0 Å². The third kappa shape index (κ3) is 4.06. The van der Waals surface area contributed by atoms with E-state index in [1.807, 2.05) is 30.3 Å². The Labute approximate surface area is 170 Å².